The molecule has 0 radical (unpaired) electrons. The summed E-state index contributed by atoms with van der Waals surface area (Å²) in [5.74, 6) is -0.124. The second-order valence-corrected chi connectivity index (χ2v) is 3.94. The van der Waals surface area contributed by atoms with Crippen LogP contribution < -0.4 is 10.1 Å². The van der Waals surface area contributed by atoms with Gasteiger partial charge in [0.05, 0.1) is 4.92 Å². The van der Waals surface area contributed by atoms with Gasteiger partial charge in [-0.25, -0.2) is 8.78 Å². The average Bonchev–Trinajstić information content (AvgIpc) is 2.36. The lowest BCUT2D eigenvalue weighted by Crippen LogP contribution is -2.14. The third-order valence-electron chi connectivity index (χ3n) is 2.34. The van der Waals surface area contributed by atoms with Crippen molar-refractivity contribution < 1.29 is 18.4 Å². The molecule has 19 heavy (non-hydrogen) atoms. The van der Waals surface area contributed by atoms with Crippen LogP contribution >= 0.6 is 0 Å². The molecule has 0 saturated heterocycles. The number of hydrogen-bond donors (Lipinski definition) is 1. The number of nitro benzene ring substituents is 1. The lowest BCUT2D eigenvalue weighted by molar-refractivity contribution is -0.386. The van der Waals surface area contributed by atoms with Gasteiger partial charge in [0, 0.05) is 12.6 Å². The molecule has 0 bridgehead atoms. The third-order valence-corrected chi connectivity index (χ3v) is 2.34. The molecule has 1 aromatic rings. The second-order valence-electron chi connectivity index (χ2n) is 3.94. The van der Waals surface area contributed by atoms with Gasteiger partial charge < -0.3 is 10.1 Å². The maximum atomic E-state index is 12.1. The molecule has 0 amide bonds. The first-order valence-electron chi connectivity index (χ1n) is 5.93. The number of rotatable bonds is 8. The Kier molecular flexibility index (Phi) is 6.14. The van der Waals surface area contributed by atoms with Gasteiger partial charge in [-0.3, -0.25) is 10.1 Å². The van der Waals surface area contributed by atoms with Gasteiger partial charge in [-0.05, 0) is 24.6 Å². The number of nitro groups is 1. The predicted molar refractivity (Wildman–Crippen MR) is 66.6 cm³/mol. The highest BCUT2D eigenvalue weighted by atomic mass is 19.3. The van der Waals surface area contributed by atoms with Crippen LogP contribution in [0.25, 0.3) is 0 Å². The van der Waals surface area contributed by atoms with Gasteiger partial charge in [0.15, 0.2) is 5.75 Å². The Morgan fingerprint density at radius 2 is 2.21 bits per heavy atom. The average molecular weight is 274 g/mol. The third kappa shape index (κ3) is 5.17. The zero-order valence-corrected chi connectivity index (χ0v) is 10.6. The summed E-state index contributed by atoms with van der Waals surface area (Å²) in [6.45, 7) is 2.48. The zero-order chi connectivity index (χ0) is 14.3. The summed E-state index contributed by atoms with van der Waals surface area (Å²) in [7, 11) is 0. The Labute approximate surface area is 109 Å². The van der Waals surface area contributed by atoms with Gasteiger partial charge in [0.2, 0.25) is 0 Å². The van der Waals surface area contributed by atoms with Crippen LogP contribution in [-0.4, -0.2) is 24.5 Å². The minimum atomic E-state index is -2.67. The van der Waals surface area contributed by atoms with E-state index < -0.39 is 18.0 Å². The van der Waals surface area contributed by atoms with Gasteiger partial charge in [-0.15, -0.1) is 0 Å². The van der Waals surface area contributed by atoms with Crippen molar-refractivity contribution in [2.75, 3.05) is 13.2 Å². The molecule has 0 fully saturated rings. The van der Waals surface area contributed by atoms with E-state index in [1.165, 1.54) is 12.1 Å². The first-order chi connectivity index (χ1) is 9.04. The highest BCUT2D eigenvalue weighted by Gasteiger charge is 2.17. The lowest BCUT2D eigenvalue weighted by atomic mass is 10.2. The quantitative estimate of drug-likeness (QED) is 0.450. The predicted octanol–water partition coefficient (Wildman–Crippen LogP) is 2.74. The summed E-state index contributed by atoms with van der Waals surface area (Å²) in [6, 6.07) is 4.27. The number of nitrogens with one attached hydrogen (secondary N) is 1. The summed E-state index contributed by atoms with van der Waals surface area (Å²) in [5.41, 5.74) is 0.447. The molecule has 0 aliphatic heterocycles. The van der Waals surface area contributed by atoms with E-state index in [-0.39, 0.29) is 11.4 Å². The van der Waals surface area contributed by atoms with Gasteiger partial charge >= 0.3 is 5.69 Å². The van der Waals surface area contributed by atoms with Crippen LogP contribution in [0.15, 0.2) is 18.2 Å². The fourth-order valence-electron chi connectivity index (χ4n) is 1.50. The highest BCUT2D eigenvalue weighted by Crippen LogP contribution is 2.28. The number of nitrogens with zero attached hydrogens (tertiary/aromatic N) is 1. The maximum absolute atomic E-state index is 12.1. The SMILES string of the molecule is CCCNCc1ccc([N+](=O)[O-])c(OCC(F)F)c1. The molecular weight excluding hydrogens is 258 g/mol. The number of alkyl halides is 2. The Bertz CT molecular complexity index is 427. The van der Waals surface area contributed by atoms with Crippen LogP contribution in [0.5, 0.6) is 5.75 Å². The van der Waals surface area contributed by atoms with Gasteiger partial charge in [-0.1, -0.05) is 13.0 Å². The molecule has 106 valence electrons. The molecule has 0 aromatic heterocycles. The van der Waals surface area contributed by atoms with Gasteiger partial charge in [0.1, 0.15) is 6.61 Å². The minimum absolute atomic E-state index is 0.124. The molecule has 0 atom stereocenters. The summed E-state index contributed by atoms with van der Waals surface area (Å²) >= 11 is 0. The molecule has 0 aliphatic carbocycles. The fourth-order valence-corrected chi connectivity index (χ4v) is 1.50. The molecule has 1 aromatic carbocycles. The van der Waals surface area contributed by atoms with Crippen LogP contribution in [0.4, 0.5) is 14.5 Å². The zero-order valence-electron chi connectivity index (χ0n) is 10.6. The molecule has 1 N–H and O–H groups in total. The molecule has 0 heterocycles. The smallest absolute Gasteiger partial charge is 0.310 e. The van der Waals surface area contributed by atoms with Crippen LogP contribution in [0.2, 0.25) is 0 Å². The van der Waals surface area contributed by atoms with Crippen molar-refractivity contribution in [1.82, 2.24) is 5.32 Å². The standard InChI is InChI=1S/C12H16F2N2O3/c1-2-5-15-7-9-3-4-10(16(17)18)11(6-9)19-8-12(13)14/h3-4,6,12,15H,2,5,7-8H2,1H3. The molecule has 0 unspecified atom stereocenters. The van der Waals surface area contributed by atoms with E-state index >= 15 is 0 Å². The second kappa shape index (κ2) is 7.63. The van der Waals surface area contributed by atoms with Crippen LogP contribution in [0.3, 0.4) is 0 Å². The Balaban J connectivity index is 2.81. The van der Waals surface area contributed by atoms with Gasteiger partial charge in [0.25, 0.3) is 6.43 Å². The molecule has 0 spiro atoms. The molecule has 5 nitrogen and oxygen atoms in total. The largest absolute Gasteiger partial charge is 0.481 e. The van der Waals surface area contributed by atoms with Crippen molar-refractivity contribution in [2.24, 2.45) is 0 Å². The lowest BCUT2D eigenvalue weighted by Gasteiger charge is -2.09. The van der Waals surface area contributed by atoms with Gasteiger partial charge in [-0.2, -0.15) is 0 Å². The van der Waals surface area contributed by atoms with Crippen molar-refractivity contribution in [3.05, 3.63) is 33.9 Å². The first kappa shape index (κ1) is 15.3. The van der Waals surface area contributed by atoms with E-state index in [0.29, 0.717) is 6.54 Å². The van der Waals surface area contributed by atoms with Crippen molar-refractivity contribution in [2.45, 2.75) is 26.3 Å². The Morgan fingerprint density at radius 3 is 2.79 bits per heavy atom. The van der Waals surface area contributed by atoms with E-state index in [2.05, 4.69) is 5.32 Å². The molecule has 1 rings (SSSR count). The number of halogens is 2. The molecule has 0 saturated carbocycles. The molecule has 7 heteroatoms. The van der Waals surface area contributed by atoms with E-state index in [0.717, 1.165) is 18.5 Å². The summed E-state index contributed by atoms with van der Waals surface area (Å²) in [6.07, 6.45) is -1.71. The van der Waals surface area contributed by atoms with Crippen LogP contribution in [0, 0.1) is 10.1 Å². The number of ether oxygens (including phenoxy) is 1. The Hall–Kier alpha value is -1.76. The van der Waals surface area contributed by atoms with E-state index in [1.807, 2.05) is 6.92 Å². The summed E-state index contributed by atoms with van der Waals surface area (Å²) < 4.78 is 29.0. The highest BCUT2D eigenvalue weighted by molar-refractivity contribution is 5.48. The molecule has 0 aliphatic rings. The van der Waals surface area contributed by atoms with E-state index in [1.54, 1.807) is 6.07 Å². The van der Waals surface area contributed by atoms with E-state index in [4.69, 9.17) is 4.74 Å². The first-order valence-corrected chi connectivity index (χ1v) is 5.93. The topological polar surface area (TPSA) is 64.4 Å². The van der Waals surface area contributed by atoms with Crippen LogP contribution in [0.1, 0.15) is 18.9 Å². The number of benzene rings is 1. The summed E-state index contributed by atoms with van der Waals surface area (Å²) in [4.78, 5) is 10.1. The van der Waals surface area contributed by atoms with Crippen molar-refractivity contribution in [1.29, 1.82) is 0 Å². The fraction of sp³-hybridized carbons (Fsp3) is 0.500. The summed E-state index contributed by atoms with van der Waals surface area (Å²) in [5, 5.41) is 13.9. The van der Waals surface area contributed by atoms with Crippen molar-refractivity contribution in [3.63, 3.8) is 0 Å². The van der Waals surface area contributed by atoms with Crippen molar-refractivity contribution >= 4 is 5.69 Å². The number of hydrogen-bond acceptors (Lipinski definition) is 4. The minimum Gasteiger partial charge on any atom is -0.481 e. The maximum Gasteiger partial charge on any atom is 0.310 e. The monoisotopic (exact) mass is 274 g/mol. The van der Waals surface area contributed by atoms with Crippen LogP contribution in [-0.2, 0) is 6.54 Å². The van der Waals surface area contributed by atoms with Crippen molar-refractivity contribution in [3.8, 4) is 5.75 Å². The Morgan fingerprint density at radius 1 is 1.47 bits per heavy atom. The normalized spacial score (nSPS) is 10.7. The van der Waals surface area contributed by atoms with E-state index in [9.17, 15) is 18.9 Å². The molecular formula is C12H16F2N2O3.